The molecule has 2 N–H and O–H groups in total. The van der Waals surface area contributed by atoms with Crippen LogP contribution in [0.4, 0.5) is 4.79 Å². The van der Waals surface area contributed by atoms with Crippen molar-refractivity contribution in [2.75, 3.05) is 6.54 Å². The molecule has 0 saturated heterocycles. The van der Waals surface area contributed by atoms with Gasteiger partial charge in [0.25, 0.3) is 5.91 Å². The van der Waals surface area contributed by atoms with Crippen LogP contribution in [0.3, 0.4) is 0 Å². The highest BCUT2D eigenvalue weighted by atomic mass is 16.2. The number of nitrogens with one attached hydrogen (secondary N) is 2. The van der Waals surface area contributed by atoms with Gasteiger partial charge in [0.2, 0.25) is 0 Å². The second-order valence-corrected chi connectivity index (χ2v) is 1.60. The Morgan fingerprint density at radius 1 is 1.44 bits per heavy atom. The average Bonchev–Trinajstić information content (AvgIpc) is 1.93. The van der Waals surface area contributed by atoms with Gasteiger partial charge in [0.1, 0.15) is 0 Å². The maximum Gasteiger partial charge on any atom is 0.321 e. The zero-order valence-corrected chi connectivity index (χ0v) is 4.68. The van der Waals surface area contributed by atoms with E-state index < -0.39 is 6.03 Å². The average molecular weight is 126 g/mol. The third kappa shape index (κ3) is 1.56. The van der Waals surface area contributed by atoms with Gasteiger partial charge in [0, 0.05) is 12.6 Å². The van der Waals surface area contributed by atoms with Gasteiger partial charge in [-0.15, -0.1) is 0 Å². The molecule has 48 valence electrons. The number of rotatable bonds is 0. The van der Waals surface area contributed by atoms with Crippen molar-refractivity contribution in [3.63, 3.8) is 0 Å². The van der Waals surface area contributed by atoms with Crippen molar-refractivity contribution in [1.82, 2.24) is 10.6 Å². The Morgan fingerprint density at radius 2 is 2.22 bits per heavy atom. The molecule has 3 amide bonds. The van der Waals surface area contributed by atoms with Crippen LogP contribution >= 0.6 is 0 Å². The molecule has 4 nitrogen and oxygen atoms in total. The Morgan fingerprint density at radius 3 is 3.00 bits per heavy atom. The van der Waals surface area contributed by atoms with Gasteiger partial charge < -0.3 is 5.32 Å². The quantitative estimate of drug-likeness (QED) is 0.454. The largest absolute Gasteiger partial charge is 0.334 e. The van der Waals surface area contributed by atoms with Crippen LogP contribution in [0.2, 0.25) is 0 Å². The Hall–Kier alpha value is -1.32. The van der Waals surface area contributed by atoms with E-state index >= 15 is 0 Å². The van der Waals surface area contributed by atoms with Gasteiger partial charge in [-0.25, -0.2) is 4.79 Å². The summed E-state index contributed by atoms with van der Waals surface area (Å²) >= 11 is 0. The Bertz CT molecular complexity index is 174. The molecule has 0 radical (unpaired) electrons. The van der Waals surface area contributed by atoms with Crippen molar-refractivity contribution in [3.8, 4) is 0 Å². The molecule has 0 aromatic rings. The zero-order chi connectivity index (χ0) is 6.69. The van der Waals surface area contributed by atoms with E-state index in [0.29, 0.717) is 6.54 Å². The van der Waals surface area contributed by atoms with E-state index in [-0.39, 0.29) is 5.91 Å². The highest BCUT2D eigenvalue weighted by molar-refractivity contribution is 6.01. The van der Waals surface area contributed by atoms with Crippen LogP contribution in [0, 0.1) is 0 Å². The lowest BCUT2D eigenvalue weighted by Crippen LogP contribution is -2.36. The topological polar surface area (TPSA) is 58.2 Å². The predicted molar refractivity (Wildman–Crippen MR) is 30.7 cm³/mol. The number of hydrogen-bond donors (Lipinski definition) is 2. The van der Waals surface area contributed by atoms with Gasteiger partial charge in [-0.05, 0) is 0 Å². The summed E-state index contributed by atoms with van der Waals surface area (Å²) in [4.78, 5) is 20.8. The first-order valence-corrected chi connectivity index (χ1v) is 2.54. The molecule has 0 aromatic carbocycles. The van der Waals surface area contributed by atoms with E-state index in [0.717, 1.165) is 0 Å². The van der Waals surface area contributed by atoms with Crippen LogP contribution in [0.15, 0.2) is 12.2 Å². The maximum absolute atomic E-state index is 10.4. The number of amides is 3. The molecule has 0 saturated carbocycles. The molecule has 1 aliphatic heterocycles. The predicted octanol–water partition coefficient (Wildman–Crippen LogP) is -0.618. The van der Waals surface area contributed by atoms with E-state index in [1.54, 1.807) is 6.08 Å². The van der Waals surface area contributed by atoms with Crippen molar-refractivity contribution >= 4 is 11.9 Å². The highest BCUT2D eigenvalue weighted by Crippen LogP contribution is 1.78. The Labute approximate surface area is 51.9 Å². The smallest absolute Gasteiger partial charge is 0.321 e. The number of carbonyl (C=O) groups is 2. The molecule has 0 unspecified atom stereocenters. The second kappa shape index (κ2) is 2.30. The van der Waals surface area contributed by atoms with Gasteiger partial charge in [-0.1, -0.05) is 6.08 Å². The van der Waals surface area contributed by atoms with Crippen LogP contribution in [0.1, 0.15) is 0 Å². The minimum atomic E-state index is -0.440. The van der Waals surface area contributed by atoms with Gasteiger partial charge in [0.15, 0.2) is 0 Å². The van der Waals surface area contributed by atoms with Gasteiger partial charge >= 0.3 is 6.03 Å². The van der Waals surface area contributed by atoms with Crippen molar-refractivity contribution in [2.24, 2.45) is 0 Å². The molecule has 0 aromatic heterocycles. The molecule has 9 heavy (non-hydrogen) atoms. The van der Waals surface area contributed by atoms with Gasteiger partial charge in [-0.3, -0.25) is 10.1 Å². The first-order chi connectivity index (χ1) is 4.29. The molecule has 4 heteroatoms. The number of hydrogen-bond acceptors (Lipinski definition) is 2. The molecule has 1 heterocycles. The van der Waals surface area contributed by atoms with E-state index in [9.17, 15) is 9.59 Å². The lowest BCUT2D eigenvalue weighted by molar-refractivity contribution is -0.115. The summed E-state index contributed by atoms with van der Waals surface area (Å²) in [7, 11) is 0. The van der Waals surface area contributed by atoms with E-state index in [1.165, 1.54) is 6.08 Å². The summed E-state index contributed by atoms with van der Waals surface area (Å²) in [5.41, 5.74) is 0. The maximum atomic E-state index is 10.4. The third-order valence-corrected chi connectivity index (χ3v) is 0.886. The van der Waals surface area contributed by atoms with Crippen LogP contribution in [0.25, 0.3) is 0 Å². The molecule has 0 atom stereocenters. The van der Waals surface area contributed by atoms with Crippen LogP contribution in [-0.4, -0.2) is 18.5 Å². The van der Waals surface area contributed by atoms with Gasteiger partial charge in [0.05, 0.1) is 0 Å². The molecule has 0 fully saturated rings. The molecule has 0 spiro atoms. The summed E-state index contributed by atoms with van der Waals surface area (Å²) in [5.74, 6) is -0.370. The number of carbonyl (C=O) groups excluding carboxylic acids is 2. The standard InChI is InChI=1S/C5H6N2O2/c8-4-2-1-3-6-5(9)7-4/h1-2H,3H2,(H2,6,7,8,9). The third-order valence-electron chi connectivity index (χ3n) is 0.886. The fourth-order valence-corrected chi connectivity index (χ4v) is 0.515. The van der Waals surface area contributed by atoms with Crippen molar-refractivity contribution in [3.05, 3.63) is 12.2 Å². The van der Waals surface area contributed by atoms with Crippen LogP contribution < -0.4 is 10.6 Å². The number of urea groups is 1. The zero-order valence-electron chi connectivity index (χ0n) is 4.68. The van der Waals surface area contributed by atoms with Crippen LogP contribution in [-0.2, 0) is 4.79 Å². The van der Waals surface area contributed by atoms with E-state index in [2.05, 4.69) is 10.6 Å². The normalized spacial score (nSPS) is 18.2. The highest BCUT2D eigenvalue weighted by Gasteiger charge is 2.04. The van der Waals surface area contributed by atoms with Crippen molar-refractivity contribution in [1.29, 1.82) is 0 Å². The molecule has 0 bridgehead atoms. The molecule has 1 aliphatic rings. The van der Waals surface area contributed by atoms with Crippen molar-refractivity contribution in [2.45, 2.75) is 0 Å². The minimum Gasteiger partial charge on any atom is -0.334 e. The van der Waals surface area contributed by atoms with E-state index in [4.69, 9.17) is 0 Å². The van der Waals surface area contributed by atoms with E-state index in [1.807, 2.05) is 0 Å². The second-order valence-electron chi connectivity index (χ2n) is 1.60. The molecule has 0 aliphatic carbocycles. The van der Waals surface area contributed by atoms with Crippen molar-refractivity contribution < 1.29 is 9.59 Å². The Kier molecular flexibility index (Phi) is 1.48. The van der Waals surface area contributed by atoms with Gasteiger partial charge in [-0.2, -0.15) is 0 Å². The molecule has 1 rings (SSSR count). The molecular weight excluding hydrogens is 120 g/mol. The SMILES string of the molecule is O=C1C=CCNC(=O)N1. The summed E-state index contributed by atoms with van der Waals surface area (Å²) in [6, 6.07) is -0.440. The lowest BCUT2D eigenvalue weighted by atomic mass is 10.5. The minimum absolute atomic E-state index is 0.370. The monoisotopic (exact) mass is 126 g/mol. The molecular formula is C5H6N2O2. The fourth-order valence-electron chi connectivity index (χ4n) is 0.515. The summed E-state index contributed by atoms with van der Waals surface area (Å²) < 4.78 is 0. The summed E-state index contributed by atoms with van der Waals surface area (Å²) in [5, 5.41) is 4.48. The lowest BCUT2D eigenvalue weighted by Gasteiger charge is -1.95. The fraction of sp³-hybridized carbons (Fsp3) is 0.200. The summed E-state index contributed by atoms with van der Waals surface area (Å²) in [6.45, 7) is 0.414. The first-order valence-electron chi connectivity index (χ1n) is 2.54. The van der Waals surface area contributed by atoms with Crippen LogP contribution in [0.5, 0.6) is 0 Å². The first kappa shape index (κ1) is 5.81. The number of imide groups is 1. The Balaban J connectivity index is 2.61. The summed E-state index contributed by atoms with van der Waals surface area (Å²) in [6.07, 6.45) is 2.90.